The topological polar surface area (TPSA) is 263 Å². The smallest absolute Gasteiger partial charge is 0.409 e. The molecule has 0 amide bonds. The molecule has 0 bridgehead atoms. The van der Waals surface area contributed by atoms with Gasteiger partial charge in [-0.15, -0.1) is 0 Å². The van der Waals surface area contributed by atoms with Crippen LogP contribution in [0.25, 0.3) is 0 Å². The highest BCUT2D eigenvalue weighted by Gasteiger charge is 2.53. The van der Waals surface area contributed by atoms with E-state index < -0.39 is 116 Å². The van der Waals surface area contributed by atoms with E-state index >= 15 is 4.57 Å². The zero-order valence-electron chi connectivity index (χ0n) is 46.3. The van der Waals surface area contributed by atoms with Crippen LogP contribution >= 0.6 is 7.75 Å². The van der Waals surface area contributed by atoms with Crippen molar-refractivity contribution in [3.63, 3.8) is 0 Å². The number of aryl methyl sites for hydroxylation is 1. The first-order chi connectivity index (χ1) is 37.6. The number of methoxy groups -OCH3 is 2. The Labute approximate surface area is 458 Å². The Morgan fingerprint density at radius 3 is 1.78 bits per heavy atom. The molecule has 6 rings (SSSR count). The molecule has 1 aromatic heterocycles. The predicted molar refractivity (Wildman–Crippen MR) is 282 cm³/mol. The van der Waals surface area contributed by atoms with Gasteiger partial charge in [0.15, 0.2) is 24.6 Å². The van der Waals surface area contributed by atoms with Gasteiger partial charge in [-0.05, 0) is 75.6 Å². The van der Waals surface area contributed by atoms with Gasteiger partial charge in [0.2, 0.25) is 0 Å². The molecule has 1 N–H and O–H groups in total. The van der Waals surface area contributed by atoms with Crippen LogP contribution in [0.5, 0.6) is 11.5 Å². The number of nitrogens with one attached hydrogen (secondary N) is 1. The zero-order valence-corrected chi connectivity index (χ0v) is 47.2. The van der Waals surface area contributed by atoms with Crippen LogP contribution in [-0.4, -0.2) is 147 Å². The van der Waals surface area contributed by atoms with E-state index in [-0.39, 0.29) is 45.0 Å². The van der Waals surface area contributed by atoms with E-state index in [9.17, 15) is 28.8 Å². The van der Waals surface area contributed by atoms with Crippen LogP contribution < -0.4 is 20.7 Å². The first kappa shape index (κ1) is 61.9. The van der Waals surface area contributed by atoms with Gasteiger partial charge < -0.3 is 52.1 Å². The van der Waals surface area contributed by atoms with Gasteiger partial charge in [0.1, 0.15) is 48.2 Å². The predicted octanol–water partition coefficient (Wildman–Crippen LogP) is 5.90. The van der Waals surface area contributed by atoms with E-state index in [0.29, 0.717) is 11.5 Å². The minimum absolute atomic E-state index is 0.0344. The minimum atomic E-state index is -4.36. The van der Waals surface area contributed by atoms with Gasteiger partial charge in [-0.3, -0.25) is 42.6 Å². The molecule has 0 radical (unpaired) electrons. The van der Waals surface area contributed by atoms with Crippen molar-refractivity contribution in [1.82, 2.24) is 14.2 Å². The van der Waals surface area contributed by atoms with Crippen LogP contribution in [-0.2, 0) is 81.0 Å². The maximum atomic E-state index is 15.6. The number of carbonyl (C=O) groups excluding carboxylic acids is 4. The lowest BCUT2D eigenvalue weighted by molar-refractivity contribution is -0.309. The molecular weight excluding hydrogens is 1050 g/mol. The van der Waals surface area contributed by atoms with E-state index in [0.717, 1.165) is 44.4 Å². The van der Waals surface area contributed by atoms with Gasteiger partial charge in [-0.25, -0.2) is 14.0 Å². The molecule has 4 aromatic rings. The number of hydrogen-bond donors (Lipinski definition) is 1. The van der Waals surface area contributed by atoms with Crippen LogP contribution in [0, 0.1) is 6.92 Å². The summed E-state index contributed by atoms with van der Waals surface area (Å²) in [5.41, 5.74) is -0.127. The Hall–Kier alpha value is -6.27. The molecule has 2 saturated heterocycles. The van der Waals surface area contributed by atoms with Gasteiger partial charge in [0.25, 0.3) is 5.56 Å². The summed E-state index contributed by atoms with van der Waals surface area (Å²) in [7, 11) is -1.20. The molecule has 0 saturated carbocycles. The summed E-state index contributed by atoms with van der Waals surface area (Å²) in [4.78, 5) is 76.9. The Morgan fingerprint density at radius 2 is 1.24 bits per heavy atom. The molecular formula is C55H72N3O20P. The minimum Gasteiger partial charge on any atom is -0.497 e. The number of rotatable bonds is 27. The summed E-state index contributed by atoms with van der Waals surface area (Å²) in [5.74, 6) is -1.80. The second kappa shape index (κ2) is 28.2. The van der Waals surface area contributed by atoms with E-state index in [4.69, 9.17) is 61.2 Å². The third kappa shape index (κ3) is 15.8. The van der Waals surface area contributed by atoms with Gasteiger partial charge in [0.05, 0.1) is 47.3 Å². The van der Waals surface area contributed by atoms with Crippen LogP contribution in [0.15, 0.2) is 94.6 Å². The molecule has 432 valence electrons. The normalized spacial score (nSPS) is 22.1. The fraction of sp³-hybridized carbons (Fsp3) is 0.527. The molecule has 2 aliphatic rings. The molecule has 9 atom stereocenters. The van der Waals surface area contributed by atoms with Gasteiger partial charge in [-0.1, -0.05) is 54.6 Å². The monoisotopic (exact) mass is 1130 g/mol. The highest BCUT2D eigenvalue weighted by atomic mass is 31.2. The summed E-state index contributed by atoms with van der Waals surface area (Å²) < 4.78 is 96.0. The molecule has 3 heterocycles. The second-order valence-corrected chi connectivity index (χ2v) is 21.1. The third-order valence-electron chi connectivity index (χ3n) is 12.8. The zero-order chi connectivity index (χ0) is 57.6. The third-order valence-corrected chi connectivity index (χ3v) is 15.4. The lowest BCUT2D eigenvalue weighted by Gasteiger charge is -2.44. The Kier molecular flexibility index (Phi) is 22.1. The van der Waals surface area contributed by atoms with E-state index in [1.807, 2.05) is 107 Å². The summed E-state index contributed by atoms with van der Waals surface area (Å²) >= 11 is 0. The molecule has 24 heteroatoms. The maximum absolute atomic E-state index is 15.6. The fourth-order valence-electron chi connectivity index (χ4n) is 9.56. The van der Waals surface area contributed by atoms with Crippen LogP contribution in [0.1, 0.15) is 90.3 Å². The standard InChI is InChI=1S/C55H72N3O20P/c1-33(2)58(34(3)4)79(65,72-28-26-68-25-27-69-53-51(75-39(9)62)50(74-38(8)61)49(73-37(7)60)47(77-53)31-70-36(6)59)78-45-29-48(57-30-35(5)52(63)56-54(57)64)76-46(45)32-71-55(40-15-13-12-14-16-40,41-17-21-43(66-10)22-18-41)42-19-23-44(67-11)24-20-42/h12-24,30,33-34,45-51,53H,25-29,31-32H2,1-11H3,(H,56,63,64)/t45?,46?,47-,48?,49-,50+,51-,53-,79?/m0/s1. The fourth-order valence-corrected chi connectivity index (χ4v) is 11.9. The Morgan fingerprint density at radius 1 is 0.696 bits per heavy atom. The van der Waals surface area contributed by atoms with Crippen LogP contribution in [0.2, 0.25) is 0 Å². The van der Waals surface area contributed by atoms with Crippen molar-refractivity contribution in [1.29, 1.82) is 0 Å². The van der Waals surface area contributed by atoms with Crippen molar-refractivity contribution in [2.45, 2.75) is 136 Å². The first-order valence-electron chi connectivity index (χ1n) is 25.8. The molecule has 23 nitrogen and oxygen atoms in total. The average molecular weight is 1130 g/mol. The van der Waals surface area contributed by atoms with Crippen molar-refractivity contribution >= 4 is 31.6 Å². The molecule has 0 spiro atoms. The van der Waals surface area contributed by atoms with Crippen molar-refractivity contribution in [2.24, 2.45) is 0 Å². The largest absolute Gasteiger partial charge is 0.497 e. The highest BCUT2D eigenvalue weighted by molar-refractivity contribution is 7.51. The Balaban J connectivity index is 1.26. The molecule has 2 fully saturated rings. The van der Waals surface area contributed by atoms with E-state index in [1.165, 1.54) is 10.8 Å². The van der Waals surface area contributed by atoms with Crippen molar-refractivity contribution in [3.05, 3.63) is 128 Å². The lowest BCUT2D eigenvalue weighted by atomic mass is 9.80. The molecule has 2 aliphatic heterocycles. The number of esters is 4. The van der Waals surface area contributed by atoms with Crippen molar-refractivity contribution < 1.29 is 84.9 Å². The van der Waals surface area contributed by atoms with Gasteiger partial charge >= 0.3 is 37.3 Å². The van der Waals surface area contributed by atoms with Crippen LogP contribution in [0.4, 0.5) is 0 Å². The maximum Gasteiger partial charge on any atom is 0.409 e. The van der Waals surface area contributed by atoms with E-state index in [2.05, 4.69) is 4.98 Å². The lowest BCUT2D eigenvalue weighted by Crippen LogP contribution is -2.63. The van der Waals surface area contributed by atoms with Crippen LogP contribution in [0.3, 0.4) is 0 Å². The van der Waals surface area contributed by atoms with Crippen molar-refractivity contribution in [2.75, 3.05) is 53.9 Å². The number of benzene rings is 3. The quantitative estimate of drug-likeness (QED) is 0.0239. The second-order valence-electron chi connectivity index (χ2n) is 19.2. The first-order valence-corrected chi connectivity index (χ1v) is 27.3. The highest BCUT2D eigenvalue weighted by Crippen LogP contribution is 2.57. The number of hydrogen-bond acceptors (Lipinski definition) is 20. The van der Waals surface area contributed by atoms with Crippen molar-refractivity contribution in [3.8, 4) is 11.5 Å². The molecule has 4 unspecified atom stereocenters. The SMILES string of the molecule is COc1ccc(C(OCC2OC(n3cc(C)c(=O)[nH]c3=O)CC2OP(=O)(OCCOCCO[C@H]2O[C@@H](COC(C)=O)[C@H](OC(C)=O)[C@@H](OC(C)=O)[C@@H]2OC(C)=O)N(C(C)C)C(C)C)(c2ccccc2)c2ccc(OC)cc2)cc1. The van der Waals surface area contributed by atoms with Gasteiger partial charge in [-0.2, -0.15) is 0 Å². The summed E-state index contributed by atoms with van der Waals surface area (Å²) in [5, 5.41) is 0. The molecule has 3 aromatic carbocycles. The number of aromatic amines is 1. The summed E-state index contributed by atoms with van der Waals surface area (Å²) in [6.45, 7) is 12.0. The summed E-state index contributed by atoms with van der Waals surface area (Å²) in [6, 6.07) is 23.7. The number of nitrogens with zero attached hydrogens (tertiary/aromatic N) is 2. The number of H-pyrrole nitrogens is 1. The van der Waals surface area contributed by atoms with Gasteiger partial charge in [0, 0.05) is 58.0 Å². The van der Waals surface area contributed by atoms with E-state index in [1.54, 1.807) is 25.8 Å². The molecule has 79 heavy (non-hydrogen) atoms. The average Bonchev–Trinajstić information content (AvgIpc) is 3.85. The number of ether oxygens (including phenoxy) is 11. The number of carbonyl (C=O) groups is 4. The molecule has 0 aliphatic carbocycles. The Bertz CT molecular complexity index is 2770. The summed E-state index contributed by atoms with van der Waals surface area (Å²) in [6.07, 6.45) is -8.64. The number of aromatic nitrogens is 2.